The van der Waals surface area contributed by atoms with Crippen LogP contribution in [0.15, 0.2) is 0 Å². The molecule has 0 aromatic carbocycles. The van der Waals surface area contributed by atoms with Gasteiger partial charge in [0.05, 0.1) is 13.0 Å². The van der Waals surface area contributed by atoms with Gasteiger partial charge in [0.1, 0.15) is 17.3 Å². The van der Waals surface area contributed by atoms with Gasteiger partial charge in [0.2, 0.25) is 0 Å². The van der Waals surface area contributed by atoms with Crippen LogP contribution in [0.1, 0.15) is 61.8 Å². The smallest absolute Gasteiger partial charge is 0.302 e. The lowest BCUT2D eigenvalue weighted by atomic mass is 10.1. The van der Waals surface area contributed by atoms with E-state index in [-0.39, 0.29) is 41.6 Å². The molecule has 0 aliphatic heterocycles. The van der Waals surface area contributed by atoms with Gasteiger partial charge in [-0.25, -0.2) is 0 Å². The molecule has 0 heterocycles. The van der Waals surface area contributed by atoms with Gasteiger partial charge in [-0.15, -0.1) is 0 Å². The van der Waals surface area contributed by atoms with Crippen molar-refractivity contribution in [3.8, 4) is 0 Å². The molecule has 0 fully saturated rings. The average molecular weight is 302 g/mol. The highest BCUT2D eigenvalue weighted by atomic mass is 16.5. The van der Waals surface area contributed by atoms with Crippen LogP contribution in [0.2, 0.25) is 0 Å². The van der Waals surface area contributed by atoms with Gasteiger partial charge >= 0.3 is 5.97 Å². The molecule has 5 nitrogen and oxygen atoms in total. The summed E-state index contributed by atoms with van der Waals surface area (Å²) in [6.45, 7) is 14.1. The van der Waals surface area contributed by atoms with Crippen LogP contribution in [0.25, 0.3) is 0 Å². The molecule has 124 valence electrons. The van der Waals surface area contributed by atoms with E-state index in [4.69, 9.17) is 0 Å². The Hall–Kier alpha value is -1.52. The van der Waals surface area contributed by atoms with E-state index in [1.54, 1.807) is 27.7 Å². The predicted molar refractivity (Wildman–Crippen MR) is 83.0 cm³/mol. The topological polar surface area (TPSA) is 77.5 Å². The van der Waals surface area contributed by atoms with Crippen LogP contribution < -0.4 is 0 Å². The Morgan fingerprint density at radius 2 is 1.24 bits per heavy atom. The number of carbonyl (C=O) groups is 4. The minimum atomic E-state index is -0.211. The maximum absolute atomic E-state index is 10.7. The molecule has 0 spiro atoms. The Kier molecular flexibility index (Phi) is 17.4. The molecule has 0 aromatic rings. The highest BCUT2D eigenvalue weighted by Crippen LogP contribution is 1.98. The Morgan fingerprint density at radius 1 is 0.857 bits per heavy atom. The van der Waals surface area contributed by atoms with Gasteiger partial charge in [-0.3, -0.25) is 19.2 Å². The highest BCUT2D eigenvalue weighted by Gasteiger charge is 2.08. The molecule has 0 saturated heterocycles. The fourth-order valence-corrected chi connectivity index (χ4v) is 0.653. The first-order chi connectivity index (χ1) is 9.45. The van der Waals surface area contributed by atoms with Crippen LogP contribution in [-0.2, 0) is 23.9 Å². The van der Waals surface area contributed by atoms with E-state index in [2.05, 4.69) is 4.74 Å². The van der Waals surface area contributed by atoms with E-state index in [1.165, 1.54) is 13.8 Å². The van der Waals surface area contributed by atoms with Gasteiger partial charge < -0.3 is 4.74 Å². The van der Waals surface area contributed by atoms with E-state index in [0.29, 0.717) is 6.61 Å². The fourth-order valence-electron chi connectivity index (χ4n) is 0.653. The molecule has 0 amide bonds. The number of hydrogen-bond donors (Lipinski definition) is 0. The number of esters is 1. The van der Waals surface area contributed by atoms with Crippen molar-refractivity contribution in [2.45, 2.75) is 61.8 Å². The van der Waals surface area contributed by atoms with E-state index >= 15 is 0 Å². The molecule has 0 aliphatic carbocycles. The molecule has 0 rings (SSSR count). The lowest BCUT2D eigenvalue weighted by Gasteiger charge is -1.98. The molecule has 0 N–H and O–H groups in total. The Bertz CT molecular complexity index is 330. The number of ether oxygens (including phenoxy) is 1. The zero-order valence-corrected chi connectivity index (χ0v) is 14.6. The second kappa shape index (κ2) is 14.9. The second-order valence-electron chi connectivity index (χ2n) is 5.19. The van der Waals surface area contributed by atoms with Crippen LogP contribution in [-0.4, -0.2) is 29.9 Å². The molecule has 0 aromatic heterocycles. The van der Waals surface area contributed by atoms with Crippen molar-refractivity contribution < 1.29 is 23.9 Å². The van der Waals surface area contributed by atoms with E-state index < -0.39 is 0 Å². The van der Waals surface area contributed by atoms with Gasteiger partial charge in [0.15, 0.2) is 0 Å². The summed E-state index contributed by atoms with van der Waals surface area (Å²) in [6.07, 6.45) is 0.0949. The minimum Gasteiger partial charge on any atom is -0.466 e. The third-order valence-electron chi connectivity index (χ3n) is 2.23. The van der Waals surface area contributed by atoms with Gasteiger partial charge in [-0.05, 0) is 20.8 Å². The lowest BCUT2D eigenvalue weighted by molar-refractivity contribution is -0.140. The number of carbonyl (C=O) groups excluding carboxylic acids is 4. The van der Waals surface area contributed by atoms with Crippen LogP contribution in [0.4, 0.5) is 0 Å². The quantitative estimate of drug-likeness (QED) is 0.576. The molecular weight excluding hydrogens is 272 g/mol. The summed E-state index contributed by atoms with van der Waals surface area (Å²) < 4.78 is 4.40. The summed E-state index contributed by atoms with van der Waals surface area (Å²) in [5.41, 5.74) is 0. The lowest BCUT2D eigenvalue weighted by Crippen LogP contribution is -2.10. The van der Waals surface area contributed by atoms with Gasteiger partial charge in [-0.1, -0.05) is 27.7 Å². The zero-order valence-electron chi connectivity index (χ0n) is 14.6. The largest absolute Gasteiger partial charge is 0.466 e. The van der Waals surface area contributed by atoms with Crippen molar-refractivity contribution in [2.24, 2.45) is 11.8 Å². The molecular formula is C16H30O5. The predicted octanol–water partition coefficient (Wildman–Crippen LogP) is 2.99. The monoisotopic (exact) mass is 302 g/mol. The zero-order chi connectivity index (χ0) is 17.6. The SMILES string of the molecule is CC(=O)C(C)C.CC(=O)CC(=O)C(C)C.CCOC(C)=O. The molecule has 0 atom stereocenters. The van der Waals surface area contributed by atoms with Crippen molar-refractivity contribution in [3.05, 3.63) is 0 Å². The summed E-state index contributed by atoms with van der Waals surface area (Å²) in [6, 6.07) is 0. The van der Waals surface area contributed by atoms with Gasteiger partial charge in [0.25, 0.3) is 0 Å². The van der Waals surface area contributed by atoms with Crippen LogP contribution in [0.5, 0.6) is 0 Å². The first kappa shape index (κ1) is 24.5. The van der Waals surface area contributed by atoms with Gasteiger partial charge in [-0.2, -0.15) is 0 Å². The van der Waals surface area contributed by atoms with E-state index in [1.807, 2.05) is 13.8 Å². The van der Waals surface area contributed by atoms with Crippen LogP contribution in [0, 0.1) is 11.8 Å². The van der Waals surface area contributed by atoms with Crippen molar-refractivity contribution in [2.75, 3.05) is 6.61 Å². The summed E-state index contributed by atoms with van der Waals surface area (Å²) in [5, 5.41) is 0. The molecule has 0 unspecified atom stereocenters. The fraction of sp³-hybridized carbons (Fsp3) is 0.750. The van der Waals surface area contributed by atoms with E-state index in [0.717, 1.165) is 0 Å². The molecule has 0 aliphatic rings. The Morgan fingerprint density at radius 3 is 1.29 bits per heavy atom. The second-order valence-corrected chi connectivity index (χ2v) is 5.19. The van der Waals surface area contributed by atoms with Crippen molar-refractivity contribution in [1.29, 1.82) is 0 Å². The molecule has 0 bridgehead atoms. The number of ketones is 3. The molecule has 0 saturated carbocycles. The van der Waals surface area contributed by atoms with Crippen LogP contribution in [0.3, 0.4) is 0 Å². The summed E-state index contributed by atoms with van der Waals surface area (Å²) in [5.74, 6) is 0.239. The van der Waals surface area contributed by atoms with Gasteiger partial charge in [0, 0.05) is 18.8 Å². The molecule has 5 heteroatoms. The standard InChI is InChI=1S/C7H12O2.C5H10O.C4H8O2/c1-5(2)7(9)4-6(3)8;1-4(2)5(3)6;1-3-6-4(2)5/h5H,4H2,1-3H3;4H,1-3H3;3H2,1-2H3. The Labute approximate surface area is 128 Å². The minimum absolute atomic E-state index is 0.00565. The first-order valence-corrected chi connectivity index (χ1v) is 7.11. The maximum atomic E-state index is 10.7. The third kappa shape index (κ3) is 27.6. The van der Waals surface area contributed by atoms with Crippen molar-refractivity contribution in [3.63, 3.8) is 0 Å². The van der Waals surface area contributed by atoms with Crippen LogP contribution >= 0.6 is 0 Å². The summed E-state index contributed by atoms with van der Waals surface area (Å²) in [4.78, 5) is 41.0. The number of Topliss-reactive ketones (excluding diaryl/α,β-unsaturated/α-hetero) is 3. The van der Waals surface area contributed by atoms with Crippen molar-refractivity contribution >= 4 is 23.3 Å². The van der Waals surface area contributed by atoms with E-state index in [9.17, 15) is 19.2 Å². The molecule has 0 radical (unpaired) electrons. The average Bonchev–Trinajstić information content (AvgIpc) is 2.29. The summed E-state index contributed by atoms with van der Waals surface area (Å²) >= 11 is 0. The van der Waals surface area contributed by atoms with Crippen molar-refractivity contribution in [1.82, 2.24) is 0 Å². The third-order valence-corrected chi connectivity index (χ3v) is 2.23. The highest BCUT2D eigenvalue weighted by molar-refractivity contribution is 5.98. The Balaban J connectivity index is -0.000000240. The summed E-state index contributed by atoms with van der Waals surface area (Å²) in [7, 11) is 0. The maximum Gasteiger partial charge on any atom is 0.302 e. The normalized spacial score (nSPS) is 9.05. The first-order valence-electron chi connectivity index (χ1n) is 7.11. The molecule has 21 heavy (non-hydrogen) atoms. The number of hydrogen-bond acceptors (Lipinski definition) is 5. The number of rotatable bonds is 5.